The zero-order valence-electron chi connectivity index (χ0n) is 29.2. The largest absolute Gasteiger partial charge is 0.495 e. The Morgan fingerprint density at radius 3 is 1.85 bits per heavy atom. The molecule has 14 heteroatoms. The maximum Gasteiger partial charge on any atom is 0.410 e. The number of ether oxygens (including phenoxy) is 3. The number of halogens is 1. The van der Waals surface area contributed by atoms with Crippen LogP contribution in [0.1, 0.15) is 97.1 Å². The molecule has 1 atom stereocenters. The second-order valence-electron chi connectivity index (χ2n) is 14.6. The fraction of sp³-hybridized carbons (Fsp3) is 0.667. The molecule has 2 aliphatic rings. The van der Waals surface area contributed by atoms with Crippen molar-refractivity contribution in [3.63, 3.8) is 0 Å². The zero-order chi connectivity index (χ0) is 35.5. The van der Waals surface area contributed by atoms with E-state index in [0.717, 1.165) is 0 Å². The Labute approximate surface area is 291 Å². The first-order chi connectivity index (χ1) is 21.6. The molecule has 2 saturated heterocycles. The summed E-state index contributed by atoms with van der Waals surface area (Å²) >= 11 is 2.00. The molecule has 1 unspecified atom stereocenters. The average molecular weight is 773 g/mol. The van der Waals surface area contributed by atoms with Gasteiger partial charge in [-0.05, 0) is 97.0 Å². The van der Waals surface area contributed by atoms with E-state index in [1.54, 1.807) is 25.7 Å². The number of hydrogen-bond donors (Lipinski definition) is 0. The number of carbonyl (C=O) groups excluding carboxylic acids is 5. The highest BCUT2D eigenvalue weighted by Crippen LogP contribution is 2.37. The lowest BCUT2D eigenvalue weighted by Crippen LogP contribution is -2.48. The van der Waals surface area contributed by atoms with Crippen LogP contribution in [0.3, 0.4) is 0 Å². The van der Waals surface area contributed by atoms with E-state index in [4.69, 9.17) is 19.0 Å². The predicted molar refractivity (Wildman–Crippen MR) is 182 cm³/mol. The fourth-order valence-corrected chi connectivity index (χ4v) is 6.16. The van der Waals surface area contributed by atoms with Gasteiger partial charge >= 0.3 is 18.0 Å². The van der Waals surface area contributed by atoms with Crippen LogP contribution in [-0.4, -0.2) is 113 Å². The van der Waals surface area contributed by atoms with Gasteiger partial charge in [0, 0.05) is 63.2 Å². The Morgan fingerprint density at radius 1 is 0.787 bits per heavy atom. The summed E-state index contributed by atoms with van der Waals surface area (Å²) < 4.78 is 18.0. The molecule has 0 radical (unpaired) electrons. The third kappa shape index (κ3) is 10.5. The summed E-state index contributed by atoms with van der Waals surface area (Å²) in [5.41, 5.74) is -1.44. The van der Waals surface area contributed by atoms with Crippen molar-refractivity contribution in [1.82, 2.24) is 19.8 Å². The molecule has 0 bridgehead atoms. The molecule has 0 spiro atoms. The lowest BCUT2D eigenvalue weighted by atomic mass is 10.00. The molecule has 3 amide bonds. The second kappa shape index (κ2) is 15.1. The van der Waals surface area contributed by atoms with Crippen LogP contribution in [0.5, 0.6) is 5.75 Å². The SMILES string of the molecule is COc1c(I)cc(C(=O)ON2C(=O)CCC2=O)cc1C(C(=O)OC(C)(C)C)N1CCN(C(=O)OC(C)(C)C)CCN(C(C)(C)C)CC1. The van der Waals surface area contributed by atoms with Crippen LogP contribution in [0, 0.1) is 3.57 Å². The van der Waals surface area contributed by atoms with Crippen LogP contribution in [0.25, 0.3) is 0 Å². The summed E-state index contributed by atoms with van der Waals surface area (Å²) in [4.78, 5) is 76.2. The van der Waals surface area contributed by atoms with E-state index in [9.17, 15) is 24.0 Å². The molecular weight excluding hydrogens is 723 g/mol. The fourth-order valence-electron chi connectivity index (χ4n) is 5.29. The summed E-state index contributed by atoms with van der Waals surface area (Å²) in [6.45, 7) is 19.5. The van der Waals surface area contributed by atoms with Gasteiger partial charge in [0.1, 0.15) is 23.0 Å². The molecule has 0 aliphatic carbocycles. The van der Waals surface area contributed by atoms with Crippen LogP contribution >= 0.6 is 22.6 Å². The number of imide groups is 1. The Bertz CT molecular complexity index is 1350. The minimum atomic E-state index is -1.07. The molecule has 0 aromatic heterocycles. The van der Waals surface area contributed by atoms with Crippen molar-refractivity contribution in [2.24, 2.45) is 0 Å². The summed E-state index contributed by atoms with van der Waals surface area (Å²) in [5, 5.41) is 0.485. The van der Waals surface area contributed by atoms with Crippen molar-refractivity contribution >= 4 is 52.4 Å². The average Bonchev–Trinajstić information content (AvgIpc) is 3.28. The first-order valence-corrected chi connectivity index (χ1v) is 16.8. The van der Waals surface area contributed by atoms with Gasteiger partial charge in [0.2, 0.25) is 0 Å². The standard InChI is InChI=1S/C33H49IN4O9/c1-31(2,3)37-17-15-35(13-14-36(16-18-37)30(43)46-33(7,8)9)26(29(42)45-32(4,5)6)22-19-21(20-23(34)27(22)44-10)28(41)47-38-24(39)11-12-25(38)40/h19-20,26H,11-18H2,1-10H3. The minimum Gasteiger partial charge on any atom is -0.495 e. The van der Waals surface area contributed by atoms with Crippen molar-refractivity contribution in [2.45, 2.75) is 97.9 Å². The molecule has 262 valence electrons. The van der Waals surface area contributed by atoms with Crippen LogP contribution in [0.4, 0.5) is 4.79 Å². The molecule has 2 heterocycles. The Hall–Kier alpha value is -2.98. The normalized spacial score (nSPS) is 18.3. The lowest BCUT2D eigenvalue weighted by molar-refractivity contribution is -0.172. The Balaban J connectivity index is 2.13. The van der Waals surface area contributed by atoms with E-state index < -0.39 is 47.1 Å². The van der Waals surface area contributed by atoms with Crippen molar-refractivity contribution in [3.8, 4) is 5.75 Å². The number of esters is 1. The highest BCUT2D eigenvalue weighted by Gasteiger charge is 2.39. The minimum absolute atomic E-state index is 0.0159. The van der Waals surface area contributed by atoms with E-state index in [0.29, 0.717) is 46.1 Å². The first kappa shape index (κ1) is 38.5. The third-order valence-corrected chi connectivity index (χ3v) is 8.34. The third-order valence-electron chi connectivity index (χ3n) is 7.54. The Kier molecular flexibility index (Phi) is 12.3. The zero-order valence-corrected chi connectivity index (χ0v) is 31.4. The molecule has 2 aliphatic heterocycles. The van der Waals surface area contributed by atoms with Crippen LogP contribution < -0.4 is 4.74 Å². The smallest absolute Gasteiger partial charge is 0.410 e. The number of methoxy groups -OCH3 is 1. The maximum absolute atomic E-state index is 14.2. The van der Waals surface area contributed by atoms with Gasteiger partial charge in [0.15, 0.2) is 0 Å². The summed E-state index contributed by atoms with van der Waals surface area (Å²) in [6, 6.07) is 1.91. The molecule has 1 aromatic carbocycles. The van der Waals surface area contributed by atoms with Gasteiger partial charge in [-0.2, -0.15) is 0 Å². The number of amides is 3. The summed E-state index contributed by atoms with van der Waals surface area (Å²) in [6.07, 6.45) is -0.539. The van der Waals surface area contributed by atoms with E-state index in [-0.39, 0.29) is 37.0 Å². The van der Waals surface area contributed by atoms with E-state index in [1.807, 2.05) is 48.3 Å². The lowest BCUT2D eigenvalue weighted by Gasteiger charge is -2.38. The molecule has 0 N–H and O–H groups in total. The van der Waals surface area contributed by atoms with E-state index >= 15 is 0 Å². The van der Waals surface area contributed by atoms with Gasteiger partial charge in [-0.25, -0.2) is 14.4 Å². The van der Waals surface area contributed by atoms with E-state index in [2.05, 4.69) is 25.7 Å². The van der Waals surface area contributed by atoms with Crippen molar-refractivity contribution in [1.29, 1.82) is 0 Å². The van der Waals surface area contributed by atoms with Gasteiger partial charge in [-0.3, -0.25) is 19.4 Å². The van der Waals surface area contributed by atoms with Crippen LogP contribution in [0.15, 0.2) is 12.1 Å². The number of hydrogen-bond acceptors (Lipinski definition) is 11. The van der Waals surface area contributed by atoms with Crippen molar-refractivity contribution in [2.75, 3.05) is 46.4 Å². The molecular formula is C33H49IN4O9. The van der Waals surface area contributed by atoms with Gasteiger partial charge in [-0.1, -0.05) is 0 Å². The monoisotopic (exact) mass is 772 g/mol. The van der Waals surface area contributed by atoms with Gasteiger partial charge in [0.25, 0.3) is 11.8 Å². The first-order valence-electron chi connectivity index (χ1n) is 15.8. The number of benzene rings is 1. The van der Waals surface area contributed by atoms with Gasteiger partial charge in [-0.15, -0.1) is 5.06 Å². The van der Waals surface area contributed by atoms with Gasteiger partial charge in [0.05, 0.1) is 16.2 Å². The summed E-state index contributed by atoms with van der Waals surface area (Å²) in [5.74, 6) is -2.37. The molecule has 3 rings (SSSR count). The number of nitrogens with zero attached hydrogens (tertiary/aromatic N) is 4. The predicted octanol–water partition coefficient (Wildman–Crippen LogP) is 4.56. The molecule has 0 saturated carbocycles. The van der Waals surface area contributed by atoms with Gasteiger partial charge < -0.3 is 23.9 Å². The van der Waals surface area contributed by atoms with Crippen molar-refractivity contribution < 1.29 is 43.0 Å². The Morgan fingerprint density at radius 2 is 1.32 bits per heavy atom. The number of carbonyl (C=O) groups is 5. The number of rotatable bonds is 6. The quantitative estimate of drug-likeness (QED) is 0.229. The molecule has 1 aromatic rings. The number of hydroxylamine groups is 2. The van der Waals surface area contributed by atoms with Crippen LogP contribution in [0.2, 0.25) is 0 Å². The van der Waals surface area contributed by atoms with E-state index in [1.165, 1.54) is 19.2 Å². The molecule has 2 fully saturated rings. The van der Waals surface area contributed by atoms with Crippen LogP contribution in [-0.2, 0) is 28.7 Å². The molecule has 13 nitrogen and oxygen atoms in total. The highest BCUT2D eigenvalue weighted by atomic mass is 127. The summed E-state index contributed by atoms with van der Waals surface area (Å²) in [7, 11) is 1.47. The second-order valence-corrected chi connectivity index (χ2v) is 15.8. The topological polar surface area (TPSA) is 135 Å². The van der Waals surface area contributed by atoms with Crippen molar-refractivity contribution in [3.05, 3.63) is 26.8 Å². The maximum atomic E-state index is 14.2. The molecule has 47 heavy (non-hydrogen) atoms. The highest BCUT2D eigenvalue weighted by molar-refractivity contribution is 14.1.